The van der Waals surface area contributed by atoms with E-state index in [0.717, 1.165) is 5.56 Å². The third-order valence-corrected chi connectivity index (χ3v) is 4.48. The molecule has 0 saturated heterocycles. The van der Waals surface area contributed by atoms with E-state index in [2.05, 4.69) is 15.6 Å². The first-order valence-corrected chi connectivity index (χ1v) is 9.36. The highest BCUT2D eigenvalue weighted by molar-refractivity contribution is 5.96. The van der Waals surface area contributed by atoms with E-state index < -0.39 is 0 Å². The van der Waals surface area contributed by atoms with Gasteiger partial charge in [-0.3, -0.25) is 14.6 Å². The fourth-order valence-electron chi connectivity index (χ4n) is 2.99. The van der Waals surface area contributed by atoms with Gasteiger partial charge < -0.3 is 25.5 Å². The van der Waals surface area contributed by atoms with Crippen LogP contribution in [0.5, 0.6) is 0 Å². The molecule has 2 aromatic rings. The van der Waals surface area contributed by atoms with E-state index in [0.29, 0.717) is 43.0 Å². The van der Waals surface area contributed by atoms with Crippen molar-refractivity contribution in [2.75, 3.05) is 20.2 Å². The summed E-state index contributed by atoms with van der Waals surface area (Å²) < 4.78 is 10.7. The highest BCUT2D eigenvalue weighted by atomic mass is 16.5. The molecule has 1 unspecified atom stereocenters. The molecule has 3 rings (SSSR count). The Balaban J connectivity index is 1.67. The SMILES string of the molecule is COC1=C(C(=O)NCCCN)CC(NC(=O)c2cc(-c3ccco3)ccn2)C=C1. The molecule has 8 heteroatoms. The zero-order valence-corrected chi connectivity index (χ0v) is 16.2. The van der Waals surface area contributed by atoms with Crippen LogP contribution < -0.4 is 16.4 Å². The van der Waals surface area contributed by atoms with E-state index in [1.165, 1.54) is 7.11 Å². The van der Waals surface area contributed by atoms with E-state index >= 15 is 0 Å². The van der Waals surface area contributed by atoms with Gasteiger partial charge in [0.2, 0.25) is 0 Å². The number of allylic oxidation sites excluding steroid dienone is 1. The average Bonchev–Trinajstić information content (AvgIpc) is 3.29. The number of carbonyl (C=O) groups excluding carboxylic acids is 2. The summed E-state index contributed by atoms with van der Waals surface area (Å²) in [6, 6.07) is 6.67. The number of amides is 2. The number of nitrogens with zero attached hydrogens (tertiary/aromatic N) is 1. The lowest BCUT2D eigenvalue weighted by Gasteiger charge is -2.22. The smallest absolute Gasteiger partial charge is 0.270 e. The summed E-state index contributed by atoms with van der Waals surface area (Å²) in [7, 11) is 1.51. The van der Waals surface area contributed by atoms with Gasteiger partial charge in [0, 0.05) is 24.7 Å². The lowest BCUT2D eigenvalue weighted by molar-refractivity contribution is -0.117. The van der Waals surface area contributed by atoms with Crippen LogP contribution in [-0.2, 0) is 9.53 Å². The predicted molar refractivity (Wildman–Crippen MR) is 108 cm³/mol. The number of pyridine rings is 1. The molecule has 29 heavy (non-hydrogen) atoms. The van der Waals surface area contributed by atoms with Crippen molar-refractivity contribution in [2.45, 2.75) is 18.9 Å². The van der Waals surface area contributed by atoms with E-state index in [4.69, 9.17) is 14.9 Å². The van der Waals surface area contributed by atoms with E-state index in [1.807, 2.05) is 6.07 Å². The Kier molecular flexibility index (Phi) is 6.80. The largest absolute Gasteiger partial charge is 0.496 e. The van der Waals surface area contributed by atoms with Gasteiger partial charge in [0.15, 0.2) is 0 Å². The normalized spacial score (nSPS) is 15.9. The predicted octanol–water partition coefficient (Wildman–Crippen LogP) is 1.77. The number of hydrogen-bond acceptors (Lipinski definition) is 6. The zero-order valence-electron chi connectivity index (χ0n) is 16.2. The minimum absolute atomic E-state index is 0.225. The number of furan rings is 1. The molecule has 0 spiro atoms. The Bertz CT molecular complexity index is 919. The minimum Gasteiger partial charge on any atom is -0.496 e. The van der Waals surface area contributed by atoms with Gasteiger partial charge in [-0.1, -0.05) is 6.08 Å². The standard InChI is InChI=1S/C21H24N4O4/c1-28-19-6-5-15(13-16(19)20(26)24-9-3-8-22)25-21(27)17-12-14(7-10-23-17)18-4-2-11-29-18/h2,4-7,10-12,15H,3,8-9,13,22H2,1H3,(H,24,26)(H,25,27). The van der Waals surface area contributed by atoms with Crippen molar-refractivity contribution in [3.8, 4) is 11.3 Å². The molecule has 1 atom stereocenters. The van der Waals surface area contributed by atoms with E-state index in [9.17, 15) is 9.59 Å². The molecule has 0 bridgehead atoms. The maximum atomic E-state index is 12.7. The zero-order chi connectivity index (χ0) is 20.6. The van der Waals surface area contributed by atoms with Crippen LogP contribution in [0.2, 0.25) is 0 Å². The Morgan fingerprint density at radius 2 is 2.21 bits per heavy atom. The Labute approximate surface area is 168 Å². The summed E-state index contributed by atoms with van der Waals surface area (Å²) in [4.78, 5) is 29.3. The Morgan fingerprint density at radius 1 is 1.34 bits per heavy atom. The van der Waals surface area contributed by atoms with Crippen molar-refractivity contribution < 1.29 is 18.7 Å². The number of rotatable bonds is 8. The molecule has 152 valence electrons. The van der Waals surface area contributed by atoms with Crippen molar-refractivity contribution in [1.29, 1.82) is 0 Å². The van der Waals surface area contributed by atoms with Crippen LogP contribution in [0.25, 0.3) is 11.3 Å². The number of nitrogens with two attached hydrogens (primary N) is 1. The highest BCUT2D eigenvalue weighted by Gasteiger charge is 2.24. The molecular formula is C21H24N4O4. The summed E-state index contributed by atoms with van der Waals surface area (Å²) in [6.07, 6.45) is 7.63. The lowest BCUT2D eigenvalue weighted by atomic mass is 9.98. The first-order valence-electron chi connectivity index (χ1n) is 9.36. The van der Waals surface area contributed by atoms with E-state index in [1.54, 1.807) is 42.8 Å². The molecule has 0 saturated carbocycles. The third-order valence-electron chi connectivity index (χ3n) is 4.48. The number of hydrogen-bond donors (Lipinski definition) is 3. The van der Waals surface area contributed by atoms with Gasteiger partial charge in [-0.25, -0.2) is 0 Å². The van der Waals surface area contributed by atoms with Crippen molar-refractivity contribution in [3.05, 3.63) is 65.9 Å². The molecule has 2 amide bonds. The first kappa shape index (κ1) is 20.3. The van der Waals surface area contributed by atoms with Crippen LogP contribution in [0.15, 0.2) is 64.6 Å². The van der Waals surface area contributed by atoms with Crippen LogP contribution in [-0.4, -0.2) is 43.0 Å². The van der Waals surface area contributed by atoms with Gasteiger partial charge in [0.1, 0.15) is 17.2 Å². The van der Waals surface area contributed by atoms with Gasteiger partial charge in [-0.2, -0.15) is 0 Å². The number of carbonyl (C=O) groups is 2. The van der Waals surface area contributed by atoms with E-state index in [-0.39, 0.29) is 23.6 Å². The first-order chi connectivity index (χ1) is 14.1. The summed E-state index contributed by atoms with van der Waals surface area (Å²) in [5, 5.41) is 5.72. The molecule has 0 radical (unpaired) electrons. The molecule has 1 aliphatic rings. The molecule has 8 nitrogen and oxygen atoms in total. The van der Waals surface area contributed by atoms with Crippen LogP contribution >= 0.6 is 0 Å². The molecule has 0 aliphatic heterocycles. The fraction of sp³-hybridized carbons (Fsp3) is 0.286. The average molecular weight is 396 g/mol. The van der Waals surface area contributed by atoms with Gasteiger partial charge in [0.05, 0.1) is 25.0 Å². The van der Waals surface area contributed by atoms with Crippen LogP contribution in [0.4, 0.5) is 0 Å². The molecule has 2 aromatic heterocycles. The molecular weight excluding hydrogens is 372 g/mol. The van der Waals surface area contributed by atoms with Crippen LogP contribution in [0.1, 0.15) is 23.3 Å². The molecule has 1 aliphatic carbocycles. The Morgan fingerprint density at radius 3 is 2.93 bits per heavy atom. The molecule has 4 N–H and O–H groups in total. The lowest BCUT2D eigenvalue weighted by Crippen LogP contribution is -2.38. The van der Waals surface area contributed by atoms with Crippen molar-refractivity contribution >= 4 is 11.8 Å². The van der Waals surface area contributed by atoms with Crippen molar-refractivity contribution in [2.24, 2.45) is 5.73 Å². The highest BCUT2D eigenvalue weighted by Crippen LogP contribution is 2.22. The number of nitrogens with one attached hydrogen (secondary N) is 2. The summed E-state index contributed by atoms with van der Waals surface area (Å²) >= 11 is 0. The second kappa shape index (κ2) is 9.70. The summed E-state index contributed by atoms with van der Waals surface area (Å²) in [5.41, 5.74) is 6.97. The fourth-order valence-corrected chi connectivity index (χ4v) is 2.99. The van der Waals surface area contributed by atoms with Crippen molar-refractivity contribution in [3.63, 3.8) is 0 Å². The van der Waals surface area contributed by atoms with Crippen molar-refractivity contribution in [1.82, 2.24) is 15.6 Å². The van der Waals surface area contributed by atoms with Gasteiger partial charge in [-0.15, -0.1) is 0 Å². The minimum atomic E-state index is -0.356. The van der Waals surface area contributed by atoms with Gasteiger partial charge >= 0.3 is 0 Å². The summed E-state index contributed by atoms with van der Waals surface area (Å²) in [6.45, 7) is 0.985. The quantitative estimate of drug-likeness (QED) is 0.585. The molecule has 2 heterocycles. The van der Waals surface area contributed by atoms with Gasteiger partial charge in [0.25, 0.3) is 11.8 Å². The molecule has 0 aromatic carbocycles. The second-order valence-electron chi connectivity index (χ2n) is 6.50. The number of aromatic nitrogens is 1. The summed E-state index contributed by atoms with van der Waals surface area (Å²) in [5.74, 6) is 0.579. The second-order valence-corrected chi connectivity index (χ2v) is 6.50. The number of methoxy groups -OCH3 is 1. The van der Waals surface area contributed by atoms with Crippen LogP contribution in [0, 0.1) is 0 Å². The third kappa shape index (κ3) is 5.11. The molecule has 0 fully saturated rings. The van der Waals surface area contributed by atoms with Gasteiger partial charge in [-0.05, 0) is 43.3 Å². The topological polar surface area (TPSA) is 119 Å². The maximum absolute atomic E-state index is 12.7. The van der Waals surface area contributed by atoms with Crippen LogP contribution in [0.3, 0.4) is 0 Å². The Hall–Kier alpha value is -3.39. The monoisotopic (exact) mass is 396 g/mol. The maximum Gasteiger partial charge on any atom is 0.270 e. The number of ether oxygens (including phenoxy) is 1.